The molecule has 1 aromatic carbocycles. The van der Waals surface area contributed by atoms with Crippen LogP contribution in [0.25, 0.3) is 0 Å². The highest BCUT2D eigenvalue weighted by atomic mass is 16.4. The van der Waals surface area contributed by atoms with Gasteiger partial charge in [0.2, 0.25) is 5.82 Å². The van der Waals surface area contributed by atoms with Gasteiger partial charge in [-0.25, -0.2) is 4.98 Å². The van der Waals surface area contributed by atoms with Crippen LogP contribution in [0.15, 0.2) is 30.6 Å². The van der Waals surface area contributed by atoms with Crippen LogP contribution in [0.2, 0.25) is 0 Å². The van der Waals surface area contributed by atoms with E-state index in [2.05, 4.69) is 15.2 Å². The van der Waals surface area contributed by atoms with Crippen molar-refractivity contribution in [3.05, 3.63) is 42.0 Å². The quantitative estimate of drug-likeness (QED) is 0.850. The van der Waals surface area contributed by atoms with E-state index in [-0.39, 0.29) is 11.7 Å². The molecule has 0 fully saturated rings. The number of para-hydroxylation sites is 1. The van der Waals surface area contributed by atoms with Crippen molar-refractivity contribution in [1.82, 2.24) is 15.2 Å². The molecule has 1 aliphatic heterocycles. The number of carboxylic acids is 1. The molecule has 0 radical (unpaired) electrons. The summed E-state index contributed by atoms with van der Waals surface area (Å²) in [5.41, 5.74) is 1.27. The molecule has 1 unspecified atom stereocenters. The SMILES string of the molecule is O=C(O)C1CCN(C(=O)c2ncn[nH]2)c2ccccc21. The minimum absolute atomic E-state index is 0.147. The van der Waals surface area contributed by atoms with Crippen molar-refractivity contribution in [2.75, 3.05) is 11.4 Å². The third-order valence-electron chi connectivity index (χ3n) is 3.41. The smallest absolute Gasteiger partial charge is 0.311 e. The van der Waals surface area contributed by atoms with Crippen LogP contribution in [0, 0.1) is 0 Å². The molecule has 3 rings (SSSR count). The third-order valence-corrected chi connectivity index (χ3v) is 3.41. The molecule has 0 spiro atoms. The van der Waals surface area contributed by atoms with Crippen molar-refractivity contribution in [3.63, 3.8) is 0 Å². The van der Waals surface area contributed by atoms with E-state index >= 15 is 0 Å². The summed E-state index contributed by atoms with van der Waals surface area (Å²) >= 11 is 0. The van der Waals surface area contributed by atoms with Crippen molar-refractivity contribution < 1.29 is 14.7 Å². The fourth-order valence-electron chi connectivity index (χ4n) is 2.47. The number of anilines is 1. The molecule has 2 heterocycles. The van der Waals surface area contributed by atoms with Crippen LogP contribution in [-0.4, -0.2) is 38.7 Å². The number of carbonyl (C=O) groups is 2. The Balaban J connectivity index is 2.01. The second-order valence-corrected chi connectivity index (χ2v) is 4.53. The molecule has 1 aliphatic rings. The number of nitrogens with one attached hydrogen (secondary N) is 1. The molecule has 2 N–H and O–H groups in total. The van der Waals surface area contributed by atoms with Crippen LogP contribution in [0.1, 0.15) is 28.5 Å². The van der Waals surface area contributed by atoms with E-state index in [1.165, 1.54) is 11.2 Å². The van der Waals surface area contributed by atoms with Gasteiger partial charge in [-0.2, -0.15) is 5.10 Å². The van der Waals surface area contributed by atoms with E-state index in [0.29, 0.717) is 24.2 Å². The number of H-pyrrole nitrogens is 1. The van der Waals surface area contributed by atoms with Crippen LogP contribution in [-0.2, 0) is 4.79 Å². The Morgan fingerprint density at radius 1 is 1.35 bits per heavy atom. The number of aromatic amines is 1. The van der Waals surface area contributed by atoms with Gasteiger partial charge in [0, 0.05) is 12.2 Å². The van der Waals surface area contributed by atoms with Crippen LogP contribution >= 0.6 is 0 Å². The maximum Gasteiger partial charge on any atom is 0.311 e. The Morgan fingerprint density at radius 2 is 2.15 bits per heavy atom. The lowest BCUT2D eigenvalue weighted by Crippen LogP contribution is -2.38. The molecule has 0 saturated carbocycles. The Morgan fingerprint density at radius 3 is 2.85 bits per heavy atom. The Hall–Kier alpha value is -2.70. The highest BCUT2D eigenvalue weighted by molar-refractivity contribution is 6.05. The number of fused-ring (bicyclic) bond motifs is 1. The minimum atomic E-state index is -0.871. The van der Waals surface area contributed by atoms with E-state index in [1.807, 2.05) is 0 Å². The molecule has 7 nitrogen and oxygen atoms in total. The van der Waals surface area contributed by atoms with Crippen molar-refractivity contribution in [1.29, 1.82) is 0 Å². The third kappa shape index (κ3) is 1.93. The fraction of sp³-hybridized carbons (Fsp3) is 0.231. The van der Waals surface area contributed by atoms with Crippen LogP contribution in [0.4, 0.5) is 5.69 Å². The number of aliphatic carboxylic acids is 1. The molecule has 0 bridgehead atoms. The first kappa shape index (κ1) is 12.3. The summed E-state index contributed by atoms with van der Waals surface area (Å²) in [6, 6.07) is 7.05. The molecular formula is C13H12N4O3. The summed E-state index contributed by atoms with van der Waals surface area (Å²) in [4.78, 5) is 29.0. The van der Waals surface area contributed by atoms with Gasteiger partial charge in [-0.05, 0) is 18.1 Å². The number of benzene rings is 1. The number of carbonyl (C=O) groups excluding carboxylic acids is 1. The number of aromatic nitrogens is 3. The van der Waals surface area contributed by atoms with Gasteiger partial charge in [0.15, 0.2) is 0 Å². The average Bonchev–Trinajstić information content (AvgIpc) is 2.99. The van der Waals surface area contributed by atoms with Gasteiger partial charge in [-0.3, -0.25) is 14.7 Å². The van der Waals surface area contributed by atoms with Gasteiger partial charge in [0.05, 0.1) is 5.92 Å². The fourth-order valence-corrected chi connectivity index (χ4v) is 2.47. The summed E-state index contributed by atoms with van der Waals surface area (Å²) in [5.74, 6) is -1.61. The first-order valence-corrected chi connectivity index (χ1v) is 6.17. The topological polar surface area (TPSA) is 99.2 Å². The highest BCUT2D eigenvalue weighted by Crippen LogP contribution is 2.35. The zero-order valence-electron chi connectivity index (χ0n) is 10.5. The van der Waals surface area contributed by atoms with Gasteiger partial charge in [-0.15, -0.1) is 0 Å². The second kappa shape index (κ2) is 4.76. The highest BCUT2D eigenvalue weighted by Gasteiger charge is 2.33. The first-order valence-electron chi connectivity index (χ1n) is 6.17. The largest absolute Gasteiger partial charge is 0.481 e. The zero-order valence-corrected chi connectivity index (χ0v) is 10.5. The number of hydrogen-bond donors (Lipinski definition) is 2. The molecule has 0 saturated heterocycles. The van der Waals surface area contributed by atoms with E-state index in [0.717, 1.165) is 0 Å². The average molecular weight is 272 g/mol. The number of amides is 1. The summed E-state index contributed by atoms with van der Waals surface area (Å²) in [5, 5.41) is 15.5. The van der Waals surface area contributed by atoms with Gasteiger partial charge in [0.1, 0.15) is 6.33 Å². The van der Waals surface area contributed by atoms with Crippen molar-refractivity contribution in [3.8, 4) is 0 Å². The molecule has 1 atom stereocenters. The maximum absolute atomic E-state index is 12.3. The molecule has 2 aromatic rings. The number of carboxylic acid groups (broad SMARTS) is 1. The standard InChI is InChI=1S/C13H12N4O3/c18-12(11-14-7-15-16-11)17-6-5-9(13(19)20)8-3-1-2-4-10(8)17/h1-4,7,9H,5-6H2,(H,19,20)(H,14,15,16). The molecule has 102 valence electrons. The Kier molecular flexibility index (Phi) is 2.94. The lowest BCUT2D eigenvalue weighted by molar-refractivity contribution is -0.139. The monoisotopic (exact) mass is 272 g/mol. The van der Waals surface area contributed by atoms with E-state index in [9.17, 15) is 14.7 Å². The molecule has 0 aliphatic carbocycles. The first-order chi connectivity index (χ1) is 9.68. The second-order valence-electron chi connectivity index (χ2n) is 4.53. The summed E-state index contributed by atoms with van der Waals surface area (Å²) in [6.45, 7) is 0.341. The summed E-state index contributed by atoms with van der Waals surface area (Å²) in [6.07, 6.45) is 1.65. The maximum atomic E-state index is 12.3. The Bertz CT molecular complexity index is 653. The van der Waals surface area contributed by atoms with E-state index < -0.39 is 11.9 Å². The van der Waals surface area contributed by atoms with Crippen molar-refractivity contribution in [2.45, 2.75) is 12.3 Å². The minimum Gasteiger partial charge on any atom is -0.481 e. The predicted molar refractivity (Wildman–Crippen MR) is 69.5 cm³/mol. The zero-order chi connectivity index (χ0) is 14.1. The molecule has 20 heavy (non-hydrogen) atoms. The molecular weight excluding hydrogens is 260 g/mol. The molecule has 7 heteroatoms. The van der Waals surface area contributed by atoms with Gasteiger partial charge in [0.25, 0.3) is 5.91 Å². The van der Waals surface area contributed by atoms with E-state index in [1.54, 1.807) is 24.3 Å². The number of hydrogen-bond acceptors (Lipinski definition) is 4. The van der Waals surface area contributed by atoms with E-state index in [4.69, 9.17) is 0 Å². The number of rotatable bonds is 2. The van der Waals surface area contributed by atoms with Crippen LogP contribution in [0.3, 0.4) is 0 Å². The number of nitrogens with zero attached hydrogens (tertiary/aromatic N) is 3. The molecule has 1 amide bonds. The predicted octanol–water partition coefficient (Wildman–Crippen LogP) is 1.02. The van der Waals surface area contributed by atoms with Crippen molar-refractivity contribution in [2.24, 2.45) is 0 Å². The van der Waals surface area contributed by atoms with Gasteiger partial charge >= 0.3 is 5.97 Å². The summed E-state index contributed by atoms with van der Waals surface area (Å²) < 4.78 is 0. The lowest BCUT2D eigenvalue weighted by atomic mass is 9.90. The van der Waals surface area contributed by atoms with Crippen molar-refractivity contribution >= 4 is 17.6 Å². The lowest BCUT2D eigenvalue weighted by Gasteiger charge is -2.32. The van der Waals surface area contributed by atoms with Crippen LogP contribution < -0.4 is 4.90 Å². The normalized spacial score (nSPS) is 17.6. The van der Waals surface area contributed by atoms with Gasteiger partial charge < -0.3 is 10.0 Å². The molecule has 1 aromatic heterocycles. The Labute approximate surface area is 114 Å². The van der Waals surface area contributed by atoms with Gasteiger partial charge in [-0.1, -0.05) is 18.2 Å². The summed E-state index contributed by atoms with van der Waals surface area (Å²) in [7, 11) is 0. The van der Waals surface area contributed by atoms with Crippen LogP contribution in [0.5, 0.6) is 0 Å².